The van der Waals surface area contributed by atoms with E-state index in [9.17, 15) is 30.0 Å². The monoisotopic (exact) mass is 577 g/mol. The Bertz CT molecular complexity index is 1470. The third kappa shape index (κ3) is 7.42. The first-order chi connectivity index (χ1) is 17.9. The first-order valence-corrected chi connectivity index (χ1v) is 13.8. The molecule has 0 aliphatic heterocycles. The molecule has 0 amide bonds. The van der Waals surface area contributed by atoms with Crippen molar-refractivity contribution in [2.75, 3.05) is 30.7 Å². The van der Waals surface area contributed by atoms with Gasteiger partial charge in [0, 0.05) is 12.7 Å². The number of para-hydroxylation sites is 2. The van der Waals surface area contributed by atoms with Crippen LogP contribution < -0.4 is 23.7 Å². The van der Waals surface area contributed by atoms with Crippen molar-refractivity contribution >= 4 is 25.9 Å². The molecule has 38 heavy (non-hydrogen) atoms. The highest BCUT2D eigenvalue weighted by molar-refractivity contribution is 7.92. The van der Waals surface area contributed by atoms with Crippen LogP contribution in [0.5, 0.6) is 23.1 Å². The summed E-state index contributed by atoms with van der Waals surface area (Å²) >= 11 is 0. The molecule has 2 N–H and O–H groups in total. The van der Waals surface area contributed by atoms with E-state index in [4.69, 9.17) is 14.2 Å². The second-order valence-corrected chi connectivity index (χ2v) is 10.9. The average Bonchev–Trinajstić information content (AvgIpc) is 2.88. The van der Waals surface area contributed by atoms with E-state index in [1.54, 1.807) is 6.07 Å². The number of hydrogen-bond acceptors (Lipinski definition) is 10. The predicted molar refractivity (Wildman–Crippen MR) is 128 cm³/mol. The molecule has 0 unspecified atom stereocenters. The zero-order valence-electron chi connectivity index (χ0n) is 19.9. The minimum atomic E-state index is -5.12. The maximum atomic E-state index is 13.6. The number of anilines is 1. The predicted octanol–water partition coefficient (Wildman–Crippen LogP) is 2.81. The standard InChI is InChI=1S/C21H22F3N5O7S2/c1-3-37(30,31)26-12-13-35-19-17(36-15-9-5-4-8-14(15)34-2)18(27-20(28-19)21(22,23)24)29-38(32,33)16-10-6-7-11-25-16/h4-11,26H,3,12-13H2,1-2H3,(H,27,28,29). The fourth-order valence-corrected chi connectivity index (χ4v) is 4.31. The quantitative estimate of drug-likeness (QED) is 0.307. The normalized spacial score (nSPS) is 12.1. The molecule has 206 valence electrons. The third-order valence-corrected chi connectivity index (χ3v) is 7.21. The Hall–Kier alpha value is -3.70. The van der Waals surface area contributed by atoms with Crippen LogP contribution in [0, 0.1) is 0 Å². The van der Waals surface area contributed by atoms with Crippen molar-refractivity contribution in [2.45, 2.75) is 18.1 Å². The van der Waals surface area contributed by atoms with E-state index < -0.39 is 61.1 Å². The van der Waals surface area contributed by atoms with Gasteiger partial charge in [-0.05, 0) is 31.2 Å². The van der Waals surface area contributed by atoms with E-state index in [1.165, 1.54) is 50.6 Å². The second-order valence-electron chi connectivity index (χ2n) is 7.20. The molecule has 2 aromatic heterocycles. The summed E-state index contributed by atoms with van der Waals surface area (Å²) in [7, 11) is -6.86. The molecule has 0 saturated heterocycles. The number of nitrogens with one attached hydrogen (secondary N) is 2. The third-order valence-electron chi connectivity index (χ3n) is 4.56. The number of hydrogen-bond donors (Lipinski definition) is 2. The van der Waals surface area contributed by atoms with Crippen molar-refractivity contribution in [2.24, 2.45) is 0 Å². The largest absolute Gasteiger partial charge is 0.493 e. The summed E-state index contributed by atoms with van der Waals surface area (Å²) < 4.78 is 110. The first kappa shape index (κ1) is 28.9. The zero-order chi connectivity index (χ0) is 28.0. The Morgan fingerprint density at radius 2 is 1.66 bits per heavy atom. The number of ether oxygens (including phenoxy) is 3. The number of nitrogens with zero attached hydrogens (tertiary/aromatic N) is 3. The van der Waals surface area contributed by atoms with Crippen molar-refractivity contribution in [3.05, 3.63) is 54.5 Å². The molecule has 1 aromatic carbocycles. The van der Waals surface area contributed by atoms with E-state index in [1.807, 2.05) is 4.72 Å². The SMILES string of the molecule is CCS(=O)(=O)NCCOc1nc(C(F)(F)F)nc(NS(=O)(=O)c2ccccn2)c1Oc1ccccc1OC. The van der Waals surface area contributed by atoms with Gasteiger partial charge in [0.1, 0.15) is 6.61 Å². The molecule has 12 nitrogen and oxygen atoms in total. The van der Waals surface area contributed by atoms with E-state index in [-0.39, 0.29) is 23.8 Å². The van der Waals surface area contributed by atoms with Gasteiger partial charge in [0.25, 0.3) is 15.9 Å². The summed E-state index contributed by atoms with van der Waals surface area (Å²) in [5, 5.41) is -0.508. The molecule has 3 rings (SSSR count). The lowest BCUT2D eigenvalue weighted by atomic mass is 10.3. The molecule has 0 spiro atoms. The van der Waals surface area contributed by atoms with Crippen LogP contribution in [0.2, 0.25) is 0 Å². The Morgan fingerprint density at radius 3 is 2.26 bits per heavy atom. The molecule has 0 fully saturated rings. The minimum absolute atomic E-state index is 0.0341. The van der Waals surface area contributed by atoms with Crippen LogP contribution in [-0.4, -0.2) is 57.8 Å². The number of halogens is 3. The van der Waals surface area contributed by atoms with Gasteiger partial charge in [-0.2, -0.15) is 26.6 Å². The Kier molecular flexibility index (Phi) is 8.95. The maximum absolute atomic E-state index is 13.6. The Balaban J connectivity index is 2.12. The van der Waals surface area contributed by atoms with E-state index in [0.717, 1.165) is 6.07 Å². The molecular formula is C21H22F3N5O7S2. The van der Waals surface area contributed by atoms with Crippen LogP contribution in [0.4, 0.5) is 19.0 Å². The van der Waals surface area contributed by atoms with Gasteiger partial charge in [0.15, 0.2) is 22.3 Å². The Labute approximate surface area is 216 Å². The van der Waals surface area contributed by atoms with Gasteiger partial charge in [0.2, 0.25) is 21.6 Å². The molecule has 2 heterocycles. The molecule has 0 radical (unpaired) electrons. The van der Waals surface area contributed by atoms with E-state index in [0.29, 0.717) is 0 Å². The van der Waals surface area contributed by atoms with Gasteiger partial charge in [-0.15, -0.1) is 0 Å². The molecule has 0 aliphatic carbocycles. The highest BCUT2D eigenvalue weighted by Gasteiger charge is 2.38. The highest BCUT2D eigenvalue weighted by atomic mass is 32.2. The zero-order valence-corrected chi connectivity index (χ0v) is 21.5. The van der Waals surface area contributed by atoms with Crippen LogP contribution in [0.25, 0.3) is 0 Å². The van der Waals surface area contributed by atoms with Crippen LogP contribution in [-0.2, 0) is 26.2 Å². The molecular weight excluding hydrogens is 555 g/mol. The lowest BCUT2D eigenvalue weighted by Gasteiger charge is -2.18. The van der Waals surface area contributed by atoms with Gasteiger partial charge in [-0.25, -0.2) is 23.1 Å². The fraction of sp³-hybridized carbons (Fsp3) is 0.286. The topological polar surface area (TPSA) is 159 Å². The second kappa shape index (κ2) is 11.8. The van der Waals surface area contributed by atoms with Crippen LogP contribution in [0.1, 0.15) is 12.7 Å². The van der Waals surface area contributed by atoms with Crippen molar-refractivity contribution in [3.63, 3.8) is 0 Å². The van der Waals surface area contributed by atoms with Crippen molar-refractivity contribution < 1.29 is 44.2 Å². The summed E-state index contributed by atoms with van der Waals surface area (Å²) in [6.07, 6.45) is -3.94. The molecule has 0 bridgehead atoms. The number of rotatable bonds is 12. The number of alkyl halides is 3. The molecule has 0 aliphatic rings. The summed E-state index contributed by atoms with van der Waals surface area (Å²) in [5.74, 6) is -4.23. The lowest BCUT2D eigenvalue weighted by Crippen LogP contribution is -2.29. The van der Waals surface area contributed by atoms with Gasteiger partial charge in [-0.1, -0.05) is 18.2 Å². The number of pyridine rings is 1. The number of methoxy groups -OCH3 is 1. The van der Waals surface area contributed by atoms with Crippen molar-refractivity contribution in [1.82, 2.24) is 19.7 Å². The van der Waals surface area contributed by atoms with Crippen LogP contribution in [0.3, 0.4) is 0 Å². The molecule has 3 aromatic rings. The van der Waals surface area contributed by atoms with Crippen LogP contribution >= 0.6 is 0 Å². The van der Waals surface area contributed by atoms with Crippen molar-refractivity contribution in [3.8, 4) is 23.1 Å². The highest BCUT2D eigenvalue weighted by Crippen LogP contribution is 2.42. The van der Waals surface area contributed by atoms with Gasteiger partial charge in [0.05, 0.1) is 12.9 Å². The Morgan fingerprint density at radius 1 is 0.974 bits per heavy atom. The smallest absolute Gasteiger partial charge is 0.451 e. The molecule has 0 saturated carbocycles. The van der Waals surface area contributed by atoms with Gasteiger partial charge < -0.3 is 14.2 Å². The van der Waals surface area contributed by atoms with E-state index in [2.05, 4.69) is 19.7 Å². The van der Waals surface area contributed by atoms with Gasteiger partial charge >= 0.3 is 6.18 Å². The summed E-state index contributed by atoms with van der Waals surface area (Å²) in [6, 6.07) is 9.93. The lowest BCUT2D eigenvalue weighted by molar-refractivity contribution is -0.145. The number of aromatic nitrogens is 3. The van der Waals surface area contributed by atoms with Crippen LogP contribution in [0.15, 0.2) is 53.7 Å². The van der Waals surface area contributed by atoms with E-state index >= 15 is 0 Å². The number of sulfonamides is 2. The molecule has 0 atom stereocenters. The first-order valence-electron chi connectivity index (χ1n) is 10.7. The van der Waals surface area contributed by atoms with Crippen molar-refractivity contribution in [1.29, 1.82) is 0 Å². The summed E-state index contributed by atoms with van der Waals surface area (Å²) in [4.78, 5) is 10.4. The fourth-order valence-electron chi connectivity index (χ4n) is 2.76. The average molecular weight is 578 g/mol. The van der Waals surface area contributed by atoms with Gasteiger partial charge in [-0.3, -0.25) is 4.72 Å². The molecule has 17 heteroatoms. The maximum Gasteiger partial charge on any atom is 0.451 e. The minimum Gasteiger partial charge on any atom is -0.493 e. The summed E-state index contributed by atoms with van der Waals surface area (Å²) in [6.45, 7) is 0.579. The number of benzene rings is 1. The summed E-state index contributed by atoms with van der Waals surface area (Å²) in [5.41, 5.74) is 0.